The fourth-order valence-corrected chi connectivity index (χ4v) is 2.14. The fourth-order valence-electron chi connectivity index (χ4n) is 1.85. The van der Waals surface area contributed by atoms with Gasteiger partial charge in [-0.05, 0) is 29.5 Å². The molecule has 104 valence electrons. The van der Waals surface area contributed by atoms with E-state index in [0.29, 0.717) is 22.2 Å². The zero-order valence-corrected chi connectivity index (χ0v) is 11.7. The Labute approximate surface area is 123 Å². The van der Waals surface area contributed by atoms with Crippen LogP contribution in [-0.4, -0.2) is 25.3 Å². The van der Waals surface area contributed by atoms with Crippen LogP contribution in [0.15, 0.2) is 28.7 Å². The molecule has 3 aromatic rings. The number of aromatic nitrogens is 4. The van der Waals surface area contributed by atoms with Gasteiger partial charge in [-0.3, -0.25) is 0 Å². The third-order valence-electron chi connectivity index (χ3n) is 2.78. The van der Waals surface area contributed by atoms with Gasteiger partial charge < -0.3 is 9.52 Å². The molecular weight excluding hydrogens is 303 g/mol. The van der Waals surface area contributed by atoms with E-state index in [1.54, 1.807) is 24.3 Å². The first-order valence-corrected chi connectivity index (χ1v) is 6.76. The first-order chi connectivity index (χ1) is 9.65. The van der Waals surface area contributed by atoms with Crippen molar-refractivity contribution in [2.45, 2.75) is 18.5 Å². The molecule has 1 N–H and O–H groups in total. The topological polar surface area (TPSA) is 77.0 Å². The van der Waals surface area contributed by atoms with Crippen molar-refractivity contribution in [2.24, 2.45) is 0 Å². The van der Waals surface area contributed by atoms with E-state index in [1.165, 1.54) is 4.80 Å². The van der Waals surface area contributed by atoms with E-state index < -0.39 is 6.10 Å². The summed E-state index contributed by atoms with van der Waals surface area (Å²) in [6.07, 6.45) is -0.876. The maximum atomic E-state index is 10.1. The predicted molar refractivity (Wildman–Crippen MR) is 73.6 cm³/mol. The summed E-state index contributed by atoms with van der Waals surface area (Å²) in [5.74, 6) is 1.02. The zero-order chi connectivity index (χ0) is 14.1. The lowest BCUT2D eigenvalue weighted by Crippen LogP contribution is -2.11. The van der Waals surface area contributed by atoms with Crippen LogP contribution >= 0.6 is 23.2 Å². The Morgan fingerprint density at radius 3 is 2.95 bits per heavy atom. The summed E-state index contributed by atoms with van der Waals surface area (Å²) in [7, 11) is 0. The lowest BCUT2D eigenvalue weighted by Gasteiger charge is -2.05. The van der Waals surface area contributed by atoms with Gasteiger partial charge in [0.05, 0.1) is 12.4 Å². The monoisotopic (exact) mass is 312 g/mol. The number of alkyl halides is 1. The molecule has 0 radical (unpaired) electrons. The average molecular weight is 313 g/mol. The van der Waals surface area contributed by atoms with Crippen LogP contribution in [0, 0.1) is 0 Å². The maximum absolute atomic E-state index is 10.1. The van der Waals surface area contributed by atoms with Gasteiger partial charge in [0.1, 0.15) is 17.4 Å². The smallest absolute Gasteiger partial charge is 0.189 e. The van der Waals surface area contributed by atoms with Crippen LogP contribution in [0.4, 0.5) is 0 Å². The third kappa shape index (κ3) is 2.63. The second-order valence-electron chi connectivity index (χ2n) is 4.24. The number of aliphatic hydroxyl groups excluding tert-OH is 1. The van der Waals surface area contributed by atoms with Gasteiger partial charge in [-0.1, -0.05) is 11.6 Å². The molecule has 1 aromatic carbocycles. The first-order valence-electron chi connectivity index (χ1n) is 5.85. The molecule has 0 aliphatic rings. The number of tetrazole rings is 1. The van der Waals surface area contributed by atoms with Crippen molar-refractivity contribution in [1.29, 1.82) is 0 Å². The van der Waals surface area contributed by atoms with Crippen molar-refractivity contribution < 1.29 is 9.52 Å². The number of nitrogens with zero attached hydrogens (tertiary/aromatic N) is 4. The minimum absolute atomic E-state index is 0.136. The zero-order valence-electron chi connectivity index (χ0n) is 10.2. The molecule has 8 heteroatoms. The van der Waals surface area contributed by atoms with Crippen LogP contribution in [0.5, 0.6) is 0 Å². The van der Waals surface area contributed by atoms with Crippen molar-refractivity contribution in [1.82, 2.24) is 20.2 Å². The van der Waals surface area contributed by atoms with Crippen molar-refractivity contribution in [3.8, 4) is 0 Å². The van der Waals surface area contributed by atoms with Gasteiger partial charge in [-0.25, -0.2) is 0 Å². The molecule has 0 fully saturated rings. The second-order valence-corrected chi connectivity index (χ2v) is 4.94. The largest absolute Gasteiger partial charge is 0.458 e. The Kier molecular flexibility index (Phi) is 3.60. The van der Waals surface area contributed by atoms with Crippen LogP contribution < -0.4 is 0 Å². The molecule has 0 saturated carbocycles. The number of hydrogen-bond acceptors (Lipinski definition) is 5. The highest BCUT2D eigenvalue weighted by Gasteiger charge is 2.16. The molecule has 0 spiro atoms. The number of hydrogen-bond donors (Lipinski definition) is 1. The molecule has 6 nitrogen and oxygen atoms in total. The van der Waals surface area contributed by atoms with Crippen molar-refractivity contribution >= 4 is 34.2 Å². The summed E-state index contributed by atoms with van der Waals surface area (Å²) in [4.78, 5) is 1.28. The van der Waals surface area contributed by atoms with E-state index in [9.17, 15) is 5.11 Å². The summed E-state index contributed by atoms with van der Waals surface area (Å²) in [6, 6.07) is 7.00. The predicted octanol–water partition coefficient (Wildman–Crippen LogP) is 2.55. The van der Waals surface area contributed by atoms with Gasteiger partial charge in [0.15, 0.2) is 5.82 Å². The standard InChI is InChI=1S/C12H10Cl2N4O2/c13-5-12-15-17-18(16-12)6-9(19)11-4-7-3-8(14)1-2-10(7)20-11/h1-4,9,19H,5-6H2/t9-/m0/s1. The normalized spacial score (nSPS) is 12.9. The summed E-state index contributed by atoms with van der Waals surface area (Å²) < 4.78 is 5.57. The highest BCUT2D eigenvalue weighted by atomic mass is 35.5. The van der Waals surface area contributed by atoms with Crippen molar-refractivity contribution in [3.05, 3.63) is 40.9 Å². The number of fused-ring (bicyclic) bond motifs is 1. The van der Waals surface area contributed by atoms with Gasteiger partial charge >= 0.3 is 0 Å². The Morgan fingerprint density at radius 2 is 2.20 bits per heavy atom. The van der Waals surface area contributed by atoms with Crippen LogP contribution in [0.3, 0.4) is 0 Å². The van der Waals surface area contributed by atoms with E-state index >= 15 is 0 Å². The minimum atomic E-state index is -0.876. The van der Waals surface area contributed by atoms with E-state index in [2.05, 4.69) is 15.4 Å². The molecule has 3 rings (SSSR count). The summed E-state index contributed by atoms with van der Waals surface area (Å²) in [5.41, 5.74) is 0.663. The molecule has 1 atom stereocenters. The van der Waals surface area contributed by atoms with E-state index in [4.69, 9.17) is 27.6 Å². The molecule has 0 amide bonds. The highest BCUT2D eigenvalue weighted by molar-refractivity contribution is 6.31. The van der Waals surface area contributed by atoms with Gasteiger partial charge in [0, 0.05) is 10.4 Å². The second kappa shape index (κ2) is 5.40. The fraction of sp³-hybridized carbons (Fsp3) is 0.250. The highest BCUT2D eigenvalue weighted by Crippen LogP contribution is 2.26. The number of aliphatic hydroxyl groups is 1. The summed E-state index contributed by atoms with van der Waals surface area (Å²) in [6.45, 7) is 0.136. The van der Waals surface area contributed by atoms with Crippen molar-refractivity contribution in [3.63, 3.8) is 0 Å². The number of furan rings is 1. The molecule has 0 saturated heterocycles. The number of halogens is 2. The van der Waals surface area contributed by atoms with Gasteiger partial charge in [0.25, 0.3) is 0 Å². The number of rotatable bonds is 4. The quantitative estimate of drug-likeness (QED) is 0.749. The van der Waals surface area contributed by atoms with E-state index in [1.807, 2.05) is 0 Å². The lowest BCUT2D eigenvalue weighted by atomic mass is 10.2. The van der Waals surface area contributed by atoms with Crippen molar-refractivity contribution in [2.75, 3.05) is 0 Å². The average Bonchev–Trinajstić information content (AvgIpc) is 3.04. The molecule has 20 heavy (non-hydrogen) atoms. The molecule has 0 unspecified atom stereocenters. The SMILES string of the molecule is O[C@@H](Cn1nnc(CCl)n1)c1cc2cc(Cl)ccc2o1. The van der Waals surface area contributed by atoms with Crippen LogP contribution in [-0.2, 0) is 12.4 Å². The lowest BCUT2D eigenvalue weighted by molar-refractivity contribution is 0.122. The van der Waals surface area contributed by atoms with E-state index in [-0.39, 0.29) is 12.4 Å². The molecular formula is C12H10Cl2N4O2. The molecule has 0 aliphatic heterocycles. The molecule has 0 bridgehead atoms. The van der Waals surface area contributed by atoms with Gasteiger partial charge in [-0.15, -0.1) is 21.8 Å². The summed E-state index contributed by atoms with van der Waals surface area (Å²) in [5, 5.41) is 23.1. The molecule has 2 aromatic heterocycles. The van der Waals surface area contributed by atoms with Crippen LogP contribution in [0.2, 0.25) is 5.02 Å². The minimum Gasteiger partial charge on any atom is -0.458 e. The summed E-state index contributed by atoms with van der Waals surface area (Å²) >= 11 is 11.5. The van der Waals surface area contributed by atoms with Crippen LogP contribution in [0.25, 0.3) is 11.0 Å². The number of benzene rings is 1. The van der Waals surface area contributed by atoms with Crippen LogP contribution in [0.1, 0.15) is 17.7 Å². The Bertz CT molecular complexity index is 740. The third-order valence-corrected chi connectivity index (χ3v) is 3.25. The molecule has 2 heterocycles. The van der Waals surface area contributed by atoms with E-state index in [0.717, 1.165) is 5.39 Å². The Balaban J connectivity index is 1.82. The first kappa shape index (κ1) is 13.4. The maximum Gasteiger partial charge on any atom is 0.189 e. The Hall–Kier alpha value is -1.63. The molecule has 0 aliphatic carbocycles. The van der Waals surface area contributed by atoms with Gasteiger partial charge in [-0.2, -0.15) is 4.80 Å². The Morgan fingerprint density at radius 1 is 1.35 bits per heavy atom. The van der Waals surface area contributed by atoms with Gasteiger partial charge in [0.2, 0.25) is 0 Å².